The van der Waals surface area contributed by atoms with Crippen LogP contribution in [0.5, 0.6) is 0 Å². The number of halogens is 1. The Labute approximate surface area is 166 Å². The van der Waals surface area contributed by atoms with Crippen LogP contribution in [0.1, 0.15) is 44.2 Å². The Bertz CT molecular complexity index is 708. The number of piperidine rings is 1. The third kappa shape index (κ3) is 6.67. The van der Waals surface area contributed by atoms with Crippen LogP contribution >= 0.6 is 11.6 Å². The quantitative estimate of drug-likeness (QED) is 0.649. The molecule has 0 saturated carbocycles. The van der Waals surface area contributed by atoms with Gasteiger partial charge in [0, 0.05) is 17.1 Å². The monoisotopic (exact) mass is 389 g/mol. The first-order chi connectivity index (χ1) is 13.2. The number of carbonyl (C=O) groups is 1. The van der Waals surface area contributed by atoms with Gasteiger partial charge in [-0.2, -0.15) is 0 Å². The number of likely N-dealkylation sites (tertiary alicyclic amines) is 1. The average Bonchev–Trinajstić information content (AvgIpc) is 3.14. The van der Waals surface area contributed by atoms with Crippen molar-refractivity contribution in [3.05, 3.63) is 41.2 Å². The van der Waals surface area contributed by atoms with Gasteiger partial charge in [0.2, 0.25) is 11.8 Å². The molecule has 5 nitrogen and oxygen atoms in total. The van der Waals surface area contributed by atoms with E-state index in [9.17, 15) is 4.79 Å². The first-order valence-corrected chi connectivity index (χ1v) is 10.3. The summed E-state index contributed by atoms with van der Waals surface area (Å²) < 4.78 is 5.47. The molecule has 0 atom stereocenters. The van der Waals surface area contributed by atoms with Crippen LogP contribution in [0.2, 0.25) is 5.02 Å². The van der Waals surface area contributed by atoms with Gasteiger partial charge in [0.05, 0.1) is 12.1 Å². The molecule has 146 valence electrons. The molecule has 1 amide bonds. The minimum absolute atomic E-state index is 0.0120. The fourth-order valence-electron chi connectivity index (χ4n) is 3.39. The molecule has 1 N–H and O–H groups in total. The fourth-order valence-corrected chi connectivity index (χ4v) is 3.51. The van der Waals surface area contributed by atoms with Gasteiger partial charge in [0.25, 0.3) is 0 Å². The third-order valence-corrected chi connectivity index (χ3v) is 5.16. The molecule has 1 saturated heterocycles. The molecule has 1 aliphatic rings. The van der Waals surface area contributed by atoms with E-state index in [1.54, 1.807) is 18.4 Å². The highest BCUT2D eigenvalue weighted by molar-refractivity contribution is 6.30. The van der Waals surface area contributed by atoms with Crippen LogP contribution in [0.3, 0.4) is 0 Å². The largest absolute Gasteiger partial charge is 0.444 e. The third-order valence-electron chi connectivity index (χ3n) is 4.91. The van der Waals surface area contributed by atoms with E-state index in [2.05, 4.69) is 15.2 Å². The maximum atomic E-state index is 12.1. The molecule has 0 unspecified atom stereocenters. The zero-order valence-electron chi connectivity index (χ0n) is 15.8. The van der Waals surface area contributed by atoms with Crippen LogP contribution in [0.15, 0.2) is 34.9 Å². The number of carbonyl (C=O) groups excluding carboxylic acids is 1. The fraction of sp³-hybridized carbons (Fsp3) is 0.524. The lowest BCUT2D eigenvalue weighted by Gasteiger charge is -2.26. The van der Waals surface area contributed by atoms with Crippen molar-refractivity contribution < 1.29 is 9.21 Å². The van der Waals surface area contributed by atoms with E-state index in [4.69, 9.17) is 16.0 Å². The van der Waals surface area contributed by atoms with Crippen molar-refractivity contribution in [2.75, 3.05) is 26.2 Å². The number of hydrogen-bond donors (Lipinski definition) is 1. The summed E-state index contributed by atoms with van der Waals surface area (Å²) in [6, 6.07) is 7.28. The summed E-state index contributed by atoms with van der Waals surface area (Å²) >= 11 is 5.89. The predicted octanol–water partition coefficient (Wildman–Crippen LogP) is 4.31. The summed E-state index contributed by atoms with van der Waals surface area (Å²) in [6.45, 7) is 4.43. The Kier molecular flexibility index (Phi) is 7.72. The van der Waals surface area contributed by atoms with Gasteiger partial charge in [-0.3, -0.25) is 4.79 Å². The number of rotatable bonds is 9. The number of benzene rings is 1. The summed E-state index contributed by atoms with van der Waals surface area (Å²) in [7, 11) is 0. The average molecular weight is 390 g/mol. The Morgan fingerprint density at radius 1 is 1.11 bits per heavy atom. The highest BCUT2D eigenvalue weighted by Crippen LogP contribution is 2.21. The van der Waals surface area contributed by atoms with Crippen LogP contribution in [-0.2, 0) is 11.2 Å². The summed E-state index contributed by atoms with van der Waals surface area (Å²) in [6.07, 6.45) is 9.25. The van der Waals surface area contributed by atoms with Gasteiger partial charge >= 0.3 is 0 Å². The van der Waals surface area contributed by atoms with E-state index in [1.165, 1.54) is 45.3 Å². The lowest BCUT2D eigenvalue weighted by Crippen LogP contribution is -2.30. The molecule has 0 bridgehead atoms. The smallest absolute Gasteiger partial charge is 0.226 e. The molecule has 27 heavy (non-hydrogen) atoms. The van der Waals surface area contributed by atoms with Crippen LogP contribution in [-0.4, -0.2) is 42.0 Å². The van der Waals surface area contributed by atoms with Crippen molar-refractivity contribution >= 4 is 17.5 Å². The molecule has 1 aromatic heterocycles. The summed E-state index contributed by atoms with van der Waals surface area (Å²) in [5, 5.41) is 3.64. The van der Waals surface area contributed by atoms with Gasteiger partial charge < -0.3 is 14.6 Å². The normalized spacial score (nSPS) is 15.0. The van der Waals surface area contributed by atoms with Crippen molar-refractivity contribution in [3.63, 3.8) is 0 Å². The topological polar surface area (TPSA) is 58.4 Å². The molecule has 0 radical (unpaired) electrons. The molecule has 6 heteroatoms. The van der Waals surface area contributed by atoms with Gasteiger partial charge in [-0.15, -0.1) is 0 Å². The second-order valence-corrected chi connectivity index (χ2v) is 7.58. The van der Waals surface area contributed by atoms with E-state index >= 15 is 0 Å². The second-order valence-electron chi connectivity index (χ2n) is 7.14. The van der Waals surface area contributed by atoms with Crippen molar-refractivity contribution in [2.24, 2.45) is 0 Å². The van der Waals surface area contributed by atoms with E-state index < -0.39 is 0 Å². The second kappa shape index (κ2) is 10.5. The number of amides is 1. The molecule has 0 spiro atoms. The summed E-state index contributed by atoms with van der Waals surface area (Å²) in [4.78, 5) is 19.0. The number of oxazole rings is 1. The van der Waals surface area contributed by atoms with Crippen LogP contribution in [0, 0.1) is 0 Å². The van der Waals surface area contributed by atoms with Gasteiger partial charge in [-0.05, 0) is 69.6 Å². The number of hydrogen-bond acceptors (Lipinski definition) is 4. The SMILES string of the molecule is O=C(Cc1coc(-c2ccc(Cl)cc2)n1)NCCCCCN1CCCCC1. The molecule has 2 heterocycles. The lowest BCUT2D eigenvalue weighted by atomic mass is 10.1. The van der Waals surface area contributed by atoms with Crippen LogP contribution < -0.4 is 5.32 Å². The number of unbranched alkanes of at least 4 members (excludes halogenated alkanes) is 2. The number of nitrogens with one attached hydrogen (secondary N) is 1. The van der Waals surface area contributed by atoms with Gasteiger partial charge in [0.1, 0.15) is 6.26 Å². The maximum absolute atomic E-state index is 12.1. The molecule has 1 aliphatic heterocycles. The van der Waals surface area contributed by atoms with Crippen molar-refractivity contribution in [1.82, 2.24) is 15.2 Å². The minimum atomic E-state index is -0.0120. The van der Waals surface area contributed by atoms with Crippen molar-refractivity contribution in [1.29, 1.82) is 0 Å². The number of aromatic nitrogens is 1. The van der Waals surface area contributed by atoms with E-state index in [1.807, 2.05) is 12.1 Å². The molecular formula is C21H28ClN3O2. The Balaban J connectivity index is 1.31. The summed E-state index contributed by atoms with van der Waals surface area (Å²) in [5.41, 5.74) is 1.49. The highest BCUT2D eigenvalue weighted by Gasteiger charge is 2.11. The molecule has 3 rings (SSSR count). The Hall–Kier alpha value is -1.85. The molecular weight excluding hydrogens is 362 g/mol. The zero-order valence-corrected chi connectivity index (χ0v) is 16.5. The van der Waals surface area contributed by atoms with Crippen LogP contribution in [0.25, 0.3) is 11.5 Å². The van der Waals surface area contributed by atoms with Gasteiger partial charge in [0.15, 0.2) is 0 Å². The van der Waals surface area contributed by atoms with Crippen molar-refractivity contribution in [2.45, 2.75) is 44.9 Å². The standard InChI is InChI=1S/C21H28ClN3O2/c22-18-9-7-17(8-10-18)21-24-19(16-27-21)15-20(26)23-11-3-1-4-12-25-13-5-2-6-14-25/h7-10,16H,1-6,11-15H2,(H,23,26). The van der Waals surface area contributed by atoms with Gasteiger partial charge in [-0.25, -0.2) is 4.98 Å². The van der Waals surface area contributed by atoms with Crippen molar-refractivity contribution in [3.8, 4) is 11.5 Å². The molecule has 1 fully saturated rings. The molecule has 1 aromatic carbocycles. The Morgan fingerprint density at radius 3 is 2.67 bits per heavy atom. The van der Waals surface area contributed by atoms with E-state index in [-0.39, 0.29) is 12.3 Å². The lowest BCUT2D eigenvalue weighted by molar-refractivity contribution is -0.120. The van der Waals surface area contributed by atoms with Crippen LogP contribution in [0.4, 0.5) is 0 Å². The molecule has 2 aromatic rings. The maximum Gasteiger partial charge on any atom is 0.226 e. The highest BCUT2D eigenvalue weighted by atomic mass is 35.5. The zero-order chi connectivity index (χ0) is 18.9. The van der Waals surface area contributed by atoms with E-state index in [0.717, 1.165) is 24.9 Å². The first-order valence-electron chi connectivity index (χ1n) is 9.90. The first kappa shape index (κ1) is 19.9. The minimum Gasteiger partial charge on any atom is -0.444 e. The van der Waals surface area contributed by atoms with Gasteiger partial charge in [-0.1, -0.05) is 24.4 Å². The number of nitrogens with zero attached hydrogens (tertiary/aromatic N) is 2. The van der Waals surface area contributed by atoms with E-state index in [0.29, 0.717) is 16.6 Å². The predicted molar refractivity (Wildman–Crippen MR) is 108 cm³/mol. The Morgan fingerprint density at radius 2 is 1.89 bits per heavy atom. The summed E-state index contributed by atoms with van der Waals surface area (Å²) in [5.74, 6) is 0.495. The molecule has 0 aliphatic carbocycles.